The Balaban J connectivity index is 2.43. The van der Waals surface area contributed by atoms with Gasteiger partial charge < -0.3 is 4.74 Å². The molecule has 0 spiro atoms. The van der Waals surface area contributed by atoms with Crippen LogP contribution in [0.2, 0.25) is 0 Å². The molecule has 0 amide bonds. The van der Waals surface area contributed by atoms with Crippen molar-refractivity contribution in [2.75, 3.05) is 13.4 Å². The van der Waals surface area contributed by atoms with E-state index in [0.29, 0.717) is 0 Å². The lowest BCUT2D eigenvalue weighted by Gasteiger charge is -2.06. The van der Waals surface area contributed by atoms with Crippen LogP contribution >= 0.6 is 11.3 Å². The number of hydrogen-bond acceptors (Lipinski definition) is 3. The van der Waals surface area contributed by atoms with E-state index in [0.717, 1.165) is 21.8 Å². The first-order chi connectivity index (χ1) is 8.70. The molecule has 1 aromatic carbocycles. The van der Waals surface area contributed by atoms with E-state index in [1.807, 2.05) is 41.8 Å². The van der Waals surface area contributed by atoms with Gasteiger partial charge >= 0.3 is 0 Å². The third-order valence-electron chi connectivity index (χ3n) is 2.47. The van der Waals surface area contributed by atoms with Gasteiger partial charge in [-0.25, -0.2) is 0 Å². The first-order valence-electron chi connectivity index (χ1n) is 5.43. The van der Waals surface area contributed by atoms with Crippen molar-refractivity contribution >= 4 is 27.7 Å². The van der Waals surface area contributed by atoms with Gasteiger partial charge in [0.1, 0.15) is 5.75 Å². The molecule has 1 aromatic heterocycles. The highest BCUT2D eigenvalue weighted by Crippen LogP contribution is 2.28. The van der Waals surface area contributed by atoms with Crippen molar-refractivity contribution in [2.24, 2.45) is 0 Å². The summed E-state index contributed by atoms with van der Waals surface area (Å²) in [5.41, 5.74) is 2.06. The predicted molar refractivity (Wildman–Crippen MR) is 78.5 cm³/mol. The van der Waals surface area contributed by atoms with Gasteiger partial charge in [-0.15, -0.1) is 11.3 Å². The van der Waals surface area contributed by atoms with E-state index in [-0.39, 0.29) is 0 Å². The summed E-state index contributed by atoms with van der Waals surface area (Å²) >= 11 is 1.64. The maximum Gasteiger partial charge on any atom is 0.118 e. The Hall–Kier alpha value is -1.39. The summed E-state index contributed by atoms with van der Waals surface area (Å²) in [6.07, 6.45) is 1.68. The number of thiophene rings is 1. The van der Waals surface area contributed by atoms with Crippen LogP contribution < -0.4 is 4.74 Å². The van der Waals surface area contributed by atoms with Gasteiger partial charge in [-0.3, -0.25) is 4.21 Å². The molecule has 4 heteroatoms. The first kappa shape index (κ1) is 13.1. The van der Waals surface area contributed by atoms with E-state index in [9.17, 15) is 4.21 Å². The average molecular weight is 278 g/mol. The largest absolute Gasteiger partial charge is 0.497 e. The Bertz CT molecular complexity index is 554. The summed E-state index contributed by atoms with van der Waals surface area (Å²) < 4.78 is 16.6. The quantitative estimate of drug-likeness (QED) is 0.855. The Labute approximate surface area is 113 Å². The molecule has 1 atom stereocenters. The van der Waals surface area contributed by atoms with E-state index >= 15 is 0 Å². The Morgan fingerprint density at radius 2 is 2.00 bits per heavy atom. The fourth-order valence-electron chi connectivity index (χ4n) is 1.64. The van der Waals surface area contributed by atoms with Gasteiger partial charge in [0.25, 0.3) is 0 Å². The summed E-state index contributed by atoms with van der Waals surface area (Å²) in [7, 11) is 0.670. The van der Waals surface area contributed by atoms with Crippen LogP contribution in [0.5, 0.6) is 5.75 Å². The van der Waals surface area contributed by atoms with Crippen LogP contribution in [-0.2, 0) is 10.8 Å². The van der Waals surface area contributed by atoms with E-state index in [1.54, 1.807) is 30.1 Å². The fraction of sp³-hybridized carbons (Fsp3) is 0.143. The standard InChI is InChI=1S/C14H14O2S2/c1-16-12-7-5-11(6-8-12)13(10-18(2)15)14-4-3-9-17-14/h3-10H,1-2H3/b13-10-/t18-/m1/s1. The molecule has 2 nitrogen and oxygen atoms in total. The molecule has 0 aliphatic carbocycles. The molecule has 0 aliphatic rings. The Kier molecular flexibility index (Phi) is 4.33. The maximum absolute atomic E-state index is 11.5. The van der Waals surface area contributed by atoms with Crippen molar-refractivity contribution in [3.63, 3.8) is 0 Å². The van der Waals surface area contributed by atoms with Crippen molar-refractivity contribution in [2.45, 2.75) is 0 Å². The second-order valence-corrected chi connectivity index (χ2v) is 5.92. The van der Waals surface area contributed by atoms with Gasteiger partial charge in [0, 0.05) is 32.9 Å². The minimum Gasteiger partial charge on any atom is -0.497 e. The minimum atomic E-state index is -0.975. The molecule has 2 rings (SSSR count). The summed E-state index contributed by atoms with van der Waals surface area (Å²) in [5.74, 6) is 0.821. The van der Waals surface area contributed by atoms with Crippen molar-refractivity contribution in [3.8, 4) is 5.75 Å². The average Bonchev–Trinajstić information content (AvgIpc) is 2.89. The Morgan fingerprint density at radius 1 is 1.28 bits per heavy atom. The zero-order chi connectivity index (χ0) is 13.0. The van der Waals surface area contributed by atoms with E-state index in [4.69, 9.17) is 4.74 Å². The fourth-order valence-corrected chi connectivity index (χ4v) is 3.07. The van der Waals surface area contributed by atoms with Crippen molar-refractivity contribution in [1.82, 2.24) is 0 Å². The van der Waals surface area contributed by atoms with Crippen LogP contribution in [0.15, 0.2) is 47.2 Å². The lowest BCUT2D eigenvalue weighted by molar-refractivity contribution is 0.415. The topological polar surface area (TPSA) is 26.3 Å². The molecule has 0 N–H and O–H groups in total. The SMILES string of the molecule is COc1ccc(/C(=C/[S@@](C)=O)c2cccs2)cc1. The Morgan fingerprint density at radius 3 is 2.50 bits per heavy atom. The second-order valence-electron chi connectivity index (χ2n) is 3.74. The summed E-state index contributed by atoms with van der Waals surface area (Å²) in [6, 6.07) is 11.8. The van der Waals surface area contributed by atoms with Gasteiger partial charge in [-0.2, -0.15) is 0 Å². The molecule has 0 unspecified atom stereocenters. The molecule has 18 heavy (non-hydrogen) atoms. The summed E-state index contributed by atoms with van der Waals surface area (Å²) in [4.78, 5) is 1.12. The molecular weight excluding hydrogens is 264 g/mol. The zero-order valence-corrected chi connectivity index (χ0v) is 11.9. The van der Waals surface area contributed by atoms with Crippen LogP contribution in [0.25, 0.3) is 5.57 Å². The highest BCUT2D eigenvalue weighted by molar-refractivity contribution is 7.87. The smallest absolute Gasteiger partial charge is 0.118 e. The molecule has 0 saturated heterocycles. The van der Waals surface area contributed by atoms with Crippen LogP contribution in [0.1, 0.15) is 10.4 Å². The van der Waals surface area contributed by atoms with E-state index in [1.165, 1.54) is 0 Å². The molecule has 0 bridgehead atoms. The molecule has 1 heterocycles. The summed E-state index contributed by atoms with van der Waals surface area (Å²) in [6.45, 7) is 0. The maximum atomic E-state index is 11.5. The predicted octanol–water partition coefficient (Wildman–Crippen LogP) is 3.52. The van der Waals surface area contributed by atoms with Gasteiger partial charge in [0.2, 0.25) is 0 Å². The highest BCUT2D eigenvalue weighted by atomic mass is 32.2. The molecule has 0 fully saturated rings. The van der Waals surface area contributed by atoms with Gasteiger partial charge in [0.15, 0.2) is 0 Å². The minimum absolute atomic E-state index is 0.821. The highest BCUT2D eigenvalue weighted by Gasteiger charge is 2.07. The number of ether oxygens (including phenoxy) is 1. The van der Waals surface area contributed by atoms with Gasteiger partial charge in [-0.1, -0.05) is 18.2 Å². The number of methoxy groups -OCH3 is 1. The molecule has 0 aliphatic heterocycles. The molecule has 94 valence electrons. The molecular formula is C14H14O2S2. The molecule has 2 aromatic rings. The van der Waals surface area contributed by atoms with E-state index < -0.39 is 10.8 Å². The third-order valence-corrected chi connectivity index (χ3v) is 3.94. The van der Waals surface area contributed by atoms with Crippen LogP contribution in [0, 0.1) is 0 Å². The van der Waals surface area contributed by atoms with Gasteiger partial charge in [0.05, 0.1) is 7.11 Å². The van der Waals surface area contributed by atoms with Gasteiger partial charge in [-0.05, 0) is 29.1 Å². The van der Waals surface area contributed by atoms with Crippen LogP contribution in [0.4, 0.5) is 0 Å². The monoisotopic (exact) mass is 278 g/mol. The second kappa shape index (κ2) is 5.98. The van der Waals surface area contributed by atoms with Crippen LogP contribution in [-0.4, -0.2) is 17.6 Å². The normalized spacial score (nSPS) is 13.3. The van der Waals surface area contributed by atoms with E-state index in [2.05, 4.69) is 0 Å². The van der Waals surface area contributed by atoms with Crippen LogP contribution in [0.3, 0.4) is 0 Å². The lowest BCUT2D eigenvalue weighted by Crippen LogP contribution is -1.89. The lowest BCUT2D eigenvalue weighted by atomic mass is 10.1. The zero-order valence-electron chi connectivity index (χ0n) is 10.3. The summed E-state index contributed by atoms with van der Waals surface area (Å²) in [5, 5.41) is 3.80. The number of benzene rings is 1. The third kappa shape index (κ3) is 3.09. The molecule has 0 radical (unpaired) electrons. The number of rotatable bonds is 4. The molecule has 0 saturated carbocycles. The number of hydrogen-bond donors (Lipinski definition) is 0. The van der Waals surface area contributed by atoms with Crippen molar-refractivity contribution in [3.05, 3.63) is 57.6 Å². The first-order valence-corrected chi connectivity index (χ1v) is 7.93. The van der Waals surface area contributed by atoms with Crippen molar-refractivity contribution in [1.29, 1.82) is 0 Å². The van der Waals surface area contributed by atoms with Crippen molar-refractivity contribution < 1.29 is 8.95 Å².